The highest BCUT2D eigenvalue weighted by atomic mass is 79.9. The number of benzene rings is 1. The van der Waals surface area contributed by atoms with Crippen LogP contribution in [0.1, 0.15) is 20.8 Å². The SMILES string of the molecule is CC(C)NC(=O)[C@H](C)Oc1ccc(Br)cc1. The molecule has 1 rings (SSSR count). The van der Waals surface area contributed by atoms with Gasteiger partial charge in [0.2, 0.25) is 0 Å². The first kappa shape index (κ1) is 13.0. The molecule has 0 aliphatic carbocycles. The summed E-state index contributed by atoms with van der Waals surface area (Å²) >= 11 is 3.34. The fourth-order valence-corrected chi connectivity index (χ4v) is 1.44. The van der Waals surface area contributed by atoms with Crippen molar-refractivity contribution in [2.75, 3.05) is 0 Å². The van der Waals surface area contributed by atoms with Gasteiger partial charge in [0.25, 0.3) is 5.91 Å². The molecule has 0 unspecified atom stereocenters. The van der Waals surface area contributed by atoms with E-state index in [0.29, 0.717) is 5.75 Å². The Kier molecular flexibility index (Phi) is 4.80. The number of hydrogen-bond acceptors (Lipinski definition) is 2. The molecule has 0 bridgehead atoms. The lowest BCUT2D eigenvalue weighted by molar-refractivity contribution is -0.127. The van der Waals surface area contributed by atoms with Gasteiger partial charge in [0.15, 0.2) is 6.10 Å². The van der Waals surface area contributed by atoms with Gasteiger partial charge in [-0.1, -0.05) is 15.9 Å². The van der Waals surface area contributed by atoms with Crippen LogP contribution >= 0.6 is 15.9 Å². The summed E-state index contributed by atoms with van der Waals surface area (Å²) in [6.07, 6.45) is -0.483. The molecule has 1 N–H and O–H groups in total. The maximum atomic E-state index is 11.6. The van der Waals surface area contributed by atoms with Gasteiger partial charge in [-0.25, -0.2) is 0 Å². The zero-order chi connectivity index (χ0) is 12.1. The third kappa shape index (κ3) is 4.23. The van der Waals surface area contributed by atoms with Crippen LogP contribution in [0.15, 0.2) is 28.7 Å². The van der Waals surface area contributed by atoms with Crippen LogP contribution in [0.3, 0.4) is 0 Å². The zero-order valence-electron chi connectivity index (χ0n) is 9.66. The van der Waals surface area contributed by atoms with Crippen LogP contribution in [0.4, 0.5) is 0 Å². The van der Waals surface area contributed by atoms with Gasteiger partial charge >= 0.3 is 0 Å². The number of carbonyl (C=O) groups is 1. The quantitative estimate of drug-likeness (QED) is 0.924. The van der Waals surface area contributed by atoms with Crippen molar-refractivity contribution < 1.29 is 9.53 Å². The van der Waals surface area contributed by atoms with E-state index in [1.54, 1.807) is 6.92 Å². The van der Waals surface area contributed by atoms with E-state index in [4.69, 9.17) is 4.74 Å². The van der Waals surface area contributed by atoms with E-state index in [9.17, 15) is 4.79 Å². The topological polar surface area (TPSA) is 38.3 Å². The lowest BCUT2D eigenvalue weighted by Crippen LogP contribution is -2.39. The van der Waals surface area contributed by atoms with Crippen LogP contribution in [0.2, 0.25) is 0 Å². The van der Waals surface area contributed by atoms with Crippen molar-refractivity contribution in [3.05, 3.63) is 28.7 Å². The molecule has 0 saturated carbocycles. The Labute approximate surface area is 104 Å². The minimum absolute atomic E-state index is 0.0991. The maximum absolute atomic E-state index is 11.6. The van der Waals surface area contributed by atoms with Gasteiger partial charge in [0.1, 0.15) is 5.75 Å². The van der Waals surface area contributed by atoms with Gasteiger partial charge in [-0.05, 0) is 45.0 Å². The first-order valence-electron chi connectivity index (χ1n) is 5.21. The summed E-state index contributed by atoms with van der Waals surface area (Å²) in [7, 11) is 0. The summed E-state index contributed by atoms with van der Waals surface area (Å²) in [6.45, 7) is 5.58. The summed E-state index contributed by atoms with van der Waals surface area (Å²) in [5, 5.41) is 2.80. The molecular formula is C12H16BrNO2. The average Bonchev–Trinajstić information content (AvgIpc) is 2.20. The van der Waals surface area contributed by atoms with Gasteiger partial charge < -0.3 is 10.1 Å². The normalized spacial score (nSPS) is 12.3. The molecule has 0 spiro atoms. The van der Waals surface area contributed by atoms with Gasteiger partial charge in [0.05, 0.1) is 0 Å². The molecule has 0 saturated heterocycles. The highest BCUT2D eigenvalue weighted by Gasteiger charge is 2.14. The molecule has 0 aliphatic heterocycles. The summed E-state index contributed by atoms with van der Waals surface area (Å²) in [4.78, 5) is 11.6. The van der Waals surface area contributed by atoms with Crippen molar-refractivity contribution in [2.45, 2.75) is 32.9 Å². The second kappa shape index (κ2) is 5.89. The molecular weight excluding hydrogens is 270 g/mol. The highest BCUT2D eigenvalue weighted by molar-refractivity contribution is 9.10. The smallest absolute Gasteiger partial charge is 0.260 e. The Hall–Kier alpha value is -1.03. The molecule has 1 aromatic rings. The molecule has 0 fully saturated rings. The number of hydrogen-bond donors (Lipinski definition) is 1. The average molecular weight is 286 g/mol. The monoisotopic (exact) mass is 285 g/mol. The van der Waals surface area contributed by atoms with Crippen molar-refractivity contribution in [3.8, 4) is 5.75 Å². The second-order valence-electron chi connectivity index (χ2n) is 3.88. The molecule has 16 heavy (non-hydrogen) atoms. The molecule has 0 aromatic heterocycles. The van der Waals surface area contributed by atoms with E-state index in [1.165, 1.54) is 0 Å². The van der Waals surface area contributed by atoms with E-state index in [2.05, 4.69) is 21.2 Å². The van der Waals surface area contributed by atoms with Crippen molar-refractivity contribution in [1.82, 2.24) is 5.32 Å². The molecule has 1 aromatic carbocycles. The van der Waals surface area contributed by atoms with Crippen LogP contribution in [-0.4, -0.2) is 18.1 Å². The van der Waals surface area contributed by atoms with Crippen LogP contribution < -0.4 is 10.1 Å². The maximum Gasteiger partial charge on any atom is 0.260 e. The predicted molar refractivity (Wildman–Crippen MR) is 67.5 cm³/mol. The van der Waals surface area contributed by atoms with Crippen molar-refractivity contribution in [1.29, 1.82) is 0 Å². The predicted octanol–water partition coefficient (Wildman–Crippen LogP) is 2.74. The first-order chi connectivity index (χ1) is 7.49. The number of carbonyl (C=O) groups excluding carboxylic acids is 1. The molecule has 3 nitrogen and oxygen atoms in total. The van der Waals surface area contributed by atoms with Crippen LogP contribution in [0, 0.1) is 0 Å². The third-order valence-electron chi connectivity index (χ3n) is 1.93. The molecule has 0 radical (unpaired) electrons. The fraction of sp³-hybridized carbons (Fsp3) is 0.417. The number of nitrogens with one attached hydrogen (secondary N) is 1. The van der Waals surface area contributed by atoms with E-state index in [0.717, 1.165) is 4.47 Å². The molecule has 1 atom stereocenters. The summed E-state index contributed by atoms with van der Waals surface area (Å²) in [5.74, 6) is 0.590. The van der Waals surface area contributed by atoms with E-state index in [1.807, 2.05) is 38.1 Å². The van der Waals surface area contributed by atoms with Gasteiger partial charge in [0, 0.05) is 10.5 Å². The Morgan fingerprint density at radius 2 is 1.81 bits per heavy atom. The molecule has 0 aliphatic rings. The van der Waals surface area contributed by atoms with E-state index < -0.39 is 6.10 Å². The minimum atomic E-state index is -0.483. The van der Waals surface area contributed by atoms with Crippen molar-refractivity contribution >= 4 is 21.8 Å². The largest absolute Gasteiger partial charge is 0.481 e. The number of ether oxygens (including phenoxy) is 1. The number of rotatable bonds is 4. The Morgan fingerprint density at radius 3 is 2.31 bits per heavy atom. The molecule has 88 valence electrons. The fourth-order valence-electron chi connectivity index (χ4n) is 1.17. The standard InChI is InChI=1S/C12H16BrNO2/c1-8(2)14-12(15)9(3)16-11-6-4-10(13)5-7-11/h4-9H,1-3H3,(H,14,15)/t9-/m0/s1. The Morgan fingerprint density at radius 1 is 1.25 bits per heavy atom. The minimum Gasteiger partial charge on any atom is -0.481 e. The summed E-state index contributed by atoms with van der Waals surface area (Å²) in [6, 6.07) is 7.53. The van der Waals surface area contributed by atoms with Crippen molar-refractivity contribution in [2.24, 2.45) is 0 Å². The summed E-state index contributed by atoms with van der Waals surface area (Å²) < 4.78 is 6.48. The third-order valence-corrected chi connectivity index (χ3v) is 2.46. The highest BCUT2D eigenvalue weighted by Crippen LogP contribution is 2.17. The molecule has 4 heteroatoms. The lowest BCUT2D eigenvalue weighted by atomic mass is 10.3. The summed E-state index contributed by atoms with van der Waals surface area (Å²) in [5.41, 5.74) is 0. The molecule has 1 amide bonds. The molecule has 0 heterocycles. The number of amides is 1. The van der Waals surface area contributed by atoms with Crippen LogP contribution in [0.25, 0.3) is 0 Å². The van der Waals surface area contributed by atoms with Crippen LogP contribution in [0.5, 0.6) is 5.75 Å². The van der Waals surface area contributed by atoms with Gasteiger partial charge in [-0.3, -0.25) is 4.79 Å². The second-order valence-corrected chi connectivity index (χ2v) is 4.79. The van der Waals surface area contributed by atoms with Gasteiger partial charge in [-0.15, -0.1) is 0 Å². The Balaban J connectivity index is 2.53. The Bertz CT molecular complexity index is 349. The first-order valence-corrected chi connectivity index (χ1v) is 6.01. The zero-order valence-corrected chi connectivity index (χ0v) is 11.2. The van der Waals surface area contributed by atoms with E-state index in [-0.39, 0.29) is 11.9 Å². The van der Waals surface area contributed by atoms with Gasteiger partial charge in [-0.2, -0.15) is 0 Å². The van der Waals surface area contributed by atoms with Crippen LogP contribution in [-0.2, 0) is 4.79 Å². The van der Waals surface area contributed by atoms with E-state index >= 15 is 0 Å². The number of halogens is 1. The lowest BCUT2D eigenvalue weighted by Gasteiger charge is -2.16. The van der Waals surface area contributed by atoms with Crippen molar-refractivity contribution in [3.63, 3.8) is 0 Å².